The van der Waals surface area contributed by atoms with Crippen molar-refractivity contribution in [3.8, 4) is 0 Å². The predicted octanol–water partition coefficient (Wildman–Crippen LogP) is 5.78. The lowest BCUT2D eigenvalue weighted by atomic mass is 9.94. The number of benzene rings is 3. The molecular formula is C31H37NO4. The second-order valence-corrected chi connectivity index (χ2v) is 9.31. The number of piperidine rings is 1. The van der Waals surface area contributed by atoms with Gasteiger partial charge < -0.3 is 19.1 Å². The summed E-state index contributed by atoms with van der Waals surface area (Å²) < 4.78 is 19.1. The van der Waals surface area contributed by atoms with Crippen molar-refractivity contribution in [2.75, 3.05) is 13.2 Å². The minimum atomic E-state index is -0.343. The van der Waals surface area contributed by atoms with E-state index in [-0.39, 0.29) is 24.2 Å². The van der Waals surface area contributed by atoms with Crippen molar-refractivity contribution in [1.29, 1.82) is 0 Å². The van der Waals surface area contributed by atoms with E-state index >= 15 is 0 Å². The van der Waals surface area contributed by atoms with Crippen LogP contribution in [0.15, 0.2) is 91.0 Å². The molecule has 0 spiro atoms. The molecule has 5 nitrogen and oxygen atoms in total. The summed E-state index contributed by atoms with van der Waals surface area (Å²) in [5, 5.41) is 0. The summed E-state index contributed by atoms with van der Waals surface area (Å²) in [7, 11) is 0. The Morgan fingerprint density at radius 2 is 1.28 bits per heavy atom. The molecule has 0 aromatic heterocycles. The maximum Gasteiger partial charge on any atom is 0.225 e. The lowest BCUT2D eigenvalue weighted by Crippen LogP contribution is -2.60. The van der Waals surface area contributed by atoms with Crippen LogP contribution in [0.2, 0.25) is 0 Å². The molecular weight excluding hydrogens is 450 g/mol. The van der Waals surface area contributed by atoms with E-state index in [0.717, 1.165) is 29.5 Å². The quantitative estimate of drug-likeness (QED) is 0.307. The zero-order valence-electron chi connectivity index (χ0n) is 21.1. The van der Waals surface area contributed by atoms with Crippen LogP contribution in [-0.4, -0.2) is 42.2 Å². The highest BCUT2D eigenvalue weighted by Gasteiger charge is 2.43. The molecule has 1 saturated heterocycles. The Labute approximate surface area is 215 Å². The van der Waals surface area contributed by atoms with Crippen molar-refractivity contribution in [2.24, 2.45) is 0 Å². The second-order valence-electron chi connectivity index (χ2n) is 9.31. The fourth-order valence-corrected chi connectivity index (χ4v) is 4.61. The van der Waals surface area contributed by atoms with Gasteiger partial charge in [0.05, 0.1) is 45.0 Å². The first-order chi connectivity index (χ1) is 17.7. The molecule has 1 fully saturated rings. The first kappa shape index (κ1) is 26.1. The standard InChI is InChI=1S/C31H37NO4/c1-2-3-19-32-28(24-34-21-25-13-7-4-8-14-25)31(36-23-27-17-11-6-12-18-27)29(20-30(32)33)35-22-26-15-9-5-10-16-26/h4-18,28-29,31H,2-3,19-24H2,1H3/t28-,29-,31+/m1/s1. The van der Waals surface area contributed by atoms with E-state index in [4.69, 9.17) is 14.2 Å². The second kappa shape index (κ2) is 13.9. The van der Waals surface area contributed by atoms with Gasteiger partial charge in [-0.15, -0.1) is 0 Å². The monoisotopic (exact) mass is 487 g/mol. The number of amides is 1. The Kier molecular flexibility index (Phi) is 10.1. The molecule has 4 rings (SSSR count). The average molecular weight is 488 g/mol. The van der Waals surface area contributed by atoms with Gasteiger partial charge >= 0.3 is 0 Å². The number of likely N-dealkylation sites (tertiary alicyclic amines) is 1. The maximum atomic E-state index is 13.3. The Bertz CT molecular complexity index is 1030. The molecule has 5 heteroatoms. The van der Waals surface area contributed by atoms with Gasteiger partial charge in [-0.2, -0.15) is 0 Å². The van der Waals surface area contributed by atoms with Gasteiger partial charge in [0.1, 0.15) is 6.10 Å². The van der Waals surface area contributed by atoms with Crippen LogP contribution in [0, 0.1) is 0 Å². The van der Waals surface area contributed by atoms with Crippen LogP contribution in [0.5, 0.6) is 0 Å². The van der Waals surface area contributed by atoms with Crippen molar-refractivity contribution in [3.05, 3.63) is 108 Å². The van der Waals surface area contributed by atoms with Crippen LogP contribution in [0.25, 0.3) is 0 Å². The highest BCUT2D eigenvalue weighted by molar-refractivity contribution is 5.78. The van der Waals surface area contributed by atoms with Crippen molar-refractivity contribution in [1.82, 2.24) is 4.90 Å². The fraction of sp³-hybridized carbons (Fsp3) is 0.387. The summed E-state index contributed by atoms with van der Waals surface area (Å²) >= 11 is 0. The zero-order chi connectivity index (χ0) is 25.0. The summed E-state index contributed by atoms with van der Waals surface area (Å²) in [6.07, 6.45) is 1.64. The Morgan fingerprint density at radius 3 is 1.83 bits per heavy atom. The molecule has 1 amide bonds. The van der Waals surface area contributed by atoms with Gasteiger partial charge in [-0.05, 0) is 23.1 Å². The Balaban J connectivity index is 1.52. The first-order valence-electron chi connectivity index (χ1n) is 13.0. The normalized spacial score (nSPS) is 20.0. The SMILES string of the molecule is CCCCN1C(=O)C[C@@H](OCc2ccccc2)[C@@H](OCc2ccccc2)[C@H]1COCc1ccccc1. The summed E-state index contributed by atoms with van der Waals surface area (Å²) in [4.78, 5) is 15.3. The van der Waals surface area contributed by atoms with Gasteiger partial charge in [0.25, 0.3) is 0 Å². The van der Waals surface area contributed by atoms with E-state index < -0.39 is 0 Å². The van der Waals surface area contributed by atoms with Crippen molar-refractivity contribution < 1.29 is 19.0 Å². The molecule has 0 aliphatic carbocycles. The van der Waals surface area contributed by atoms with Crippen molar-refractivity contribution >= 4 is 5.91 Å². The van der Waals surface area contributed by atoms with Crippen LogP contribution in [0.1, 0.15) is 42.9 Å². The molecule has 0 bridgehead atoms. The molecule has 3 atom stereocenters. The molecule has 3 aromatic rings. The highest BCUT2D eigenvalue weighted by Crippen LogP contribution is 2.28. The number of hydrogen-bond acceptors (Lipinski definition) is 4. The zero-order valence-corrected chi connectivity index (χ0v) is 21.1. The summed E-state index contributed by atoms with van der Waals surface area (Å²) in [5.74, 6) is 0.106. The molecule has 190 valence electrons. The average Bonchev–Trinajstić information content (AvgIpc) is 2.92. The number of nitrogens with zero attached hydrogens (tertiary/aromatic N) is 1. The lowest BCUT2D eigenvalue weighted by Gasteiger charge is -2.44. The smallest absolute Gasteiger partial charge is 0.225 e. The molecule has 0 N–H and O–H groups in total. The minimum Gasteiger partial charge on any atom is -0.375 e. The fourth-order valence-electron chi connectivity index (χ4n) is 4.61. The largest absolute Gasteiger partial charge is 0.375 e. The maximum absolute atomic E-state index is 13.3. The number of carbonyl (C=O) groups excluding carboxylic acids is 1. The van der Waals surface area contributed by atoms with Crippen LogP contribution >= 0.6 is 0 Å². The van der Waals surface area contributed by atoms with E-state index in [0.29, 0.717) is 39.4 Å². The van der Waals surface area contributed by atoms with Gasteiger partial charge in [-0.3, -0.25) is 4.79 Å². The minimum absolute atomic E-state index is 0.106. The summed E-state index contributed by atoms with van der Waals surface area (Å²) in [6, 6.07) is 30.1. The molecule has 36 heavy (non-hydrogen) atoms. The van der Waals surface area contributed by atoms with Crippen molar-refractivity contribution in [3.63, 3.8) is 0 Å². The number of hydrogen-bond donors (Lipinski definition) is 0. The van der Waals surface area contributed by atoms with Gasteiger partial charge in [-0.1, -0.05) is 104 Å². The van der Waals surface area contributed by atoms with Crippen molar-refractivity contribution in [2.45, 2.75) is 64.3 Å². The van der Waals surface area contributed by atoms with Gasteiger partial charge in [0.2, 0.25) is 5.91 Å². The topological polar surface area (TPSA) is 48.0 Å². The molecule has 1 heterocycles. The van der Waals surface area contributed by atoms with Crippen LogP contribution < -0.4 is 0 Å². The Morgan fingerprint density at radius 1 is 0.750 bits per heavy atom. The third-order valence-corrected chi connectivity index (χ3v) is 6.59. The summed E-state index contributed by atoms with van der Waals surface area (Å²) in [5.41, 5.74) is 3.29. The molecule has 0 radical (unpaired) electrons. The number of unbranched alkanes of at least 4 members (excludes halogenated alkanes) is 1. The molecule has 3 aromatic carbocycles. The van der Waals surface area contributed by atoms with Gasteiger partial charge in [-0.25, -0.2) is 0 Å². The van der Waals surface area contributed by atoms with E-state index in [1.54, 1.807) is 0 Å². The first-order valence-corrected chi connectivity index (χ1v) is 13.0. The lowest BCUT2D eigenvalue weighted by molar-refractivity contribution is -0.177. The van der Waals surface area contributed by atoms with E-state index in [1.165, 1.54) is 0 Å². The third-order valence-electron chi connectivity index (χ3n) is 6.59. The van der Waals surface area contributed by atoms with E-state index in [1.807, 2.05) is 71.6 Å². The van der Waals surface area contributed by atoms with E-state index in [9.17, 15) is 4.79 Å². The van der Waals surface area contributed by atoms with Crippen LogP contribution in [0.3, 0.4) is 0 Å². The number of carbonyl (C=O) groups is 1. The Hall–Kier alpha value is -2.99. The van der Waals surface area contributed by atoms with Gasteiger partial charge in [0.15, 0.2) is 0 Å². The molecule has 1 aliphatic rings. The molecule has 0 saturated carbocycles. The number of ether oxygens (including phenoxy) is 3. The van der Waals surface area contributed by atoms with Crippen LogP contribution in [0.4, 0.5) is 0 Å². The predicted molar refractivity (Wildman–Crippen MR) is 141 cm³/mol. The molecule has 0 unspecified atom stereocenters. The highest BCUT2D eigenvalue weighted by atomic mass is 16.5. The summed E-state index contributed by atoms with van der Waals surface area (Å²) in [6.45, 7) is 4.64. The van der Waals surface area contributed by atoms with Crippen LogP contribution in [-0.2, 0) is 38.8 Å². The van der Waals surface area contributed by atoms with E-state index in [2.05, 4.69) is 31.2 Å². The third kappa shape index (κ3) is 7.50. The number of rotatable bonds is 13. The molecule has 1 aliphatic heterocycles. The van der Waals surface area contributed by atoms with Gasteiger partial charge in [0, 0.05) is 6.54 Å².